The van der Waals surface area contributed by atoms with Crippen molar-refractivity contribution in [2.24, 2.45) is 0 Å². The molecule has 0 atom stereocenters. The van der Waals surface area contributed by atoms with E-state index in [1.807, 2.05) is 12.3 Å². The maximum atomic E-state index is 13.4. The summed E-state index contributed by atoms with van der Waals surface area (Å²) in [7, 11) is 1.56. The van der Waals surface area contributed by atoms with Crippen LogP contribution in [0.3, 0.4) is 0 Å². The Labute approximate surface area is 119 Å². The van der Waals surface area contributed by atoms with Crippen LogP contribution in [0.25, 0.3) is 6.08 Å². The summed E-state index contributed by atoms with van der Waals surface area (Å²) in [5, 5.41) is 2.35. The average molecular weight is 294 g/mol. The van der Waals surface area contributed by atoms with Gasteiger partial charge in [-0.05, 0) is 25.1 Å². The zero-order valence-electron chi connectivity index (χ0n) is 10.9. The van der Waals surface area contributed by atoms with E-state index in [1.54, 1.807) is 7.05 Å². The fourth-order valence-electron chi connectivity index (χ4n) is 1.53. The summed E-state index contributed by atoms with van der Waals surface area (Å²) in [6.07, 6.45) is 2.25. The van der Waals surface area contributed by atoms with Crippen LogP contribution in [0, 0.1) is 18.6 Å². The van der Waals surface area contributed by atoms with Crippen LogP contribution in [-0.2, 0) is 4.79 Å². The van der Waals surface area contributed by atoms with Crippen molar-refractivity contribution in [1.82, 2.24) is 4.98 Å². The van der Waals surface area contributed by atoms with E-state index in [4.69, 9.17) is 0 Å². The van der Waals surface area contributed by atoms with Crippen LogP contribution in [0.5, 0.6) is 0 Å². The smallest absolute Gasteiger partial charge is 0.252 e. The summed E-state index contributed by atoms with van der Waals surface area (Å²) in [5.74, 6) is -1.81. The molecule has 0 N–H and O–H groups in total. The molecule has 1 aromatic carbocycles. The number of thiazole rings is 1. The van der Waals surface area contributed by atoms with Crippen molar-refractivity contribution in [2.45, 2.75) is 6.92 Å². The van der Waals surface area contributed by atoms with Gasteiger partial charge in [0.25, 0.3) is 5.91 Å². The minimum Gasteiger partial charge on any atom is -0.288 e. The molecule has 1 aromatic heterocycles. The lowest BCUT2D eigenvalue weighted by Crippen LogP contribution is -2.23. The normalized spacial score (nSPS) is 11.0. The van der Waals surface area contributed by atoms with Crippen molar-refractivity contribution >= 4 is 28.5 Å². The minimum absolute atomic E-state index is 0.232. The van der Waals surface area contributed by atoms with Gasteiger partial charge in [-0.1, -0.05) is 6.07 Å². The Balaban J connectivity index is 2.17. The third kappa shape index (κ3) is 3.08. The molecule has 0 bridgehead atoms. The fourth-order valence-corrected chi connectivity index (χ4v) is 2.30. The Morgan fingerprint density at radius 2 is 2.00 bits per heavy atom. The zero-order valence-corrected chi connectivity index (χ0v) is 11.7. The summed E-state index contributed by atoms with van der Waals surface area (Å²) in [4.78, 5) is 17.4. The first-order valence-electron chi connectivity index (χ1n) is 5.81. The van der Waals surface area contributed by atoms with E-state index in [-0.39, 0.29) is 5.56 Å². The number of carbonyl (C=O) groups excluding carboxylic acids is 1. The van der Waals surface area contributed by atoms with Crippen LogP contribution in [-0.4, -0.2) is 17.9 Å². The molecule has 0 unspecified atom stereocenters. The van der Waals surface area contributed by atoms with Gasteiger partial charge in [-0.2, -0.15) is 0 Å². The number of likely N-dealkylation sites (N-methyl/N-ethyl adjacent to an activating group) is 1. The van der Waals surface area contributed by atoms with Gasteiger partial charge in [0.1, 0.15) is 11.6 Å². The largest absolute Gasteiger partial charge is 0.288 e. The first-order valence-corrected chi connectivity index (χ1v) is 6.69. The number of benzene rings is 1. The minimum atomic E-state index is -0.707. The van der Waals surface area contributed by atoms with Gasteiger partial charge in [0.2, 0.25) is 0 Å². The second-order valence-corrected chi connectivity index (χ2v) is 4.97. The molecule has 2 rings (SSSR count). The Morgan fingerprint density at radius 1 is 1.35 bits per heavy atom. The standard InChI is InChI=1S/C14H12F2N2OS/c1-9-8-20-14(17-9)18(2)13(19)7-6-10-11(15)4-3-5-12(10)16/h3-8H,1-2H3/b7-6+. The second kappa shape index (κ2) is 5.92. The van der Waals surface area contributed by atoms with Gasteiger partial charge in [0.15, 0.2) is 5.13 Å². The van der Waals surface area contributed by atoms with Crippen molar-refractivity contribution in [3.63, 3.8) is 0 Å². The summed E-state index contributed by atoms with van der Waals surface area (Å²) < 4.78 is 26.8. The molecule has 0 aliphatic rings. The number of aryl methyl sites for hydroxylation is 1. The van der Waals surface area contributed by atoms with Crippen molar-refractivity contribution in [3.8, 4) is 0 Å². The van der Waals surface area contributed by atoms with E-state index in [0.29, 0.717) is 5.13 Å². The van der Waals surface area contributed by atoms with Gasteiger partial charge in [-0.15, -0.1) is 11.3 Å². The summed E-state index contributed by atoms with van der Waals surface area (Å²) in [6, 6.07) is 3.55. The fraction of sp³-hybridized carbons (Fsp3) is 0.143. The lowest BCUT2D eigenvalue weighted by atomic mass is 10.2. The highest BCUT2D eigenvalue weighted by molar-refractivity contribution is 7.14. The molecule has 20 heavy (non-hydrogen) atoms. The van der Waals surface area contributed by atoms with E-state index in [1.165, 1.54) is 22.3 Å². The van der Waals surface area contributed by atoms with Gasteiger partial charge < -0.3 is 0 Å². The molecular formula is C14H12F2N2OS. The van der Waals surface area contributed by atoms with Crippen LogP contribution in [0.2, 0.25) is 0 Å². The highest BCUT2D eigenvalue weighted by Crippen LogP contribution is 2.19. The number of rotatable bonds is 3. The molecule has 0 aliphatic heterocycles. The molecule has 0 fully saturated rings. The number of anilines is 1. The topological polar surface area (TPSA) is 33.2 Å². The summed E-state index contributed by atoms with van der Waals surface area (Å²) >= 11 is 1.33. The van der Waals surface area contributed by atoms with Gasteiger partial charge in [0, 0.05) is 24.1 Å². The first-order chi connectivity index (χ1) is 9.49. The maximum Gasteiger partial charge on any atom is 0.252 e. The lowest BCUT2D eigenvalue weighted by Gasteiger charge is -2.10. The Hall–Kier alpha value is -2.08. The van der Waals surface area contributed by atoms with Gasteiger partial charge in [0.05, 0.1) is 5.69 Å². The second-order valence-electron chi connectivity index (χ2n) is 4.14. The predicted molar refractivity (Wildman–Crippen MR) is 75.7 cm³/mol. The molecule has 104 valence electrons. The monoisotopic (exact) mass is 294 g/mol. The van der Waals surface area contributed by atoms with Crippen LogP contribution >= 0.6 is 11.3 Å². The molecule has 1 amide bonds. The van der Waals surface area contributed by atoms with Gasteiger partial charge >= 0.3 is 0 Å². The number of nitrogens with zero attached hydrogens (tertiary/aromatic N) is 2. The predicted octanol–water partition coefficient (Wildman–Crippen LogP) is 3.41. The lowest BCUT2D eigenvalue weighted by molar-refractivity contribution is -0.113. The number of amides is 1. The van der Waals surface area contributed by atoms with E-state index in [2.05, 4.69) is 4.98 Å². The Morgan fingerprint density at radius 3 is 2.55 bits per heavy atom. The van der Waals surface area contributed by atoms with E-state index in [9.17, 15) is 13.6 Å². The summed E-state index contributed by atoms with van der Waals surface area (Å²) in [6.45, 7) is 1.82. The Bertz CT molecular complexity index is 647. The average Bonchev–Trinajstić information content (AvgIpc) is 2.83. The highest BCUT2D eigenvalue weighted by atomic mass is 32.1. The summed E-state index contributed by atoms with van der Waals surface area (Å²) in [5.41, 5.74) is 0.582. The molecule has 1 heterocycles. The molecule has 0 radical (unpaired) electrons. The SMILES string of the molecule is Cc1csc(N(C)C(=O)/C=C/c2c(F)cccc2F)n1. The maximum absolute atomic E-state index is 13.4. The first kappa shape index (κ1) is 14.3. The van der Waals surface area contributed by atoms with Gasteiger partial charge in [-0.25, -0.2) is 13.8 Å². The molecule has 0 saturated carbocycles. The third-order valence-corrected chi connectivity index (χ3v) is 3.65. The molecule has 2 aromatic rings. The molecule has 6 heteroatoms. The van der Waals surface area contributed by atoms with Crippen LogP contribution in [0.1, 0.15) is 11.3 Å². The Kier molecular flexibility index (Phi) is 4.24. The van der Waals surface area contributed by atoms with Crippen LogP contribution in [0.4, 0.5) is 13.9 Å². The van der Waals surface area contributed by atoms with E-state index >= 15 is 0 Å². The molecule has 0 aliphatic carbocycles. The zero-order chi connectivity index (χ0) is 14.7. The van der Waals surface area contributed by atoms with Crippen LogP contribution in [0.15, 0.2) is 29.7 Å². The van der Waals surface area contributed by atoms with Crippen molar-refractivity contribution < 1.29 is 13.6 Å². The number of halogens is 2. The number of hydrogen-bond acceptors (Lipinski definition) is 3. The third-order valence-electron chi connectivity index (χ3n) is 2.62. The van der Waals surface area contributed by atoms with E-state index < -0.39 is 17.5 Å². The molecule has 3 nitrogen and oxygen atoms in total. The quantitative estimate of drug-likeness (QED) is 0.813. The molecule has 0 saturated heterocycles. The number of hydrogen-bond donors (Lipinski definition) is 0. The number of carbonyl (C=O) groups is 1. The van der Waals surface area contributed by atoms with Crippen molar-refractivity contribution in [1.29, 1.82) is 0 Å². The molecular weight excluding hydrogens is 282 g/mol. The van der Waals surface area contributed by atoms with Crippen LogP contribution < -0.4 is 4.90 Å². The van der Waals surface area contributed by atoms with Gasteiger partial charge in [-0.3, -0.25) is 9.69 Å². The van der Waals surface area contributed by atoms with E-state index in [0.717, 1.165) is 30.0 Å². The molecule has 0 spiro atoms. The van der Waals surface area contributed by atoms with Crippen molar-refractivity contribution in [2.75, 3.05) is 11.9 Å². The number of aromatic nitrogens is 1. The van der Waals surface area contributed by atoms with Crippen molar-refractivity contribution in [3.05, 3.63) is 52.5 Å². The highest BCUT2D eigenvalue weighted by Gasteiger charge is 2.12.